The quantitative estimate of drug-likeness (QED) is 0.695. The van der Waals surface area contributed by atoms with Crippen molar-refractivity contribution in [1.82, 2.24) is 15.0 Å². The van der Waals surface area contributed by atoms with Crippen LogP contribution in [0.4, 0.5) is 20.4 Å². The molecule has 2 rings (SSSR count). The predicted octanol–water partition coefficient (Wildman–Crippen LogP) is 0.759. The summed E-state index contributed by atoms with van der Waals surface area (Å²) in [6, 6.07) is 1.68. The third kappa shape index (κ3) is 2.56. The molecule has 0 unspecified atom stereocenters. The topological polar surface area (TPSA) is 111 Å². The van der Waals surface area contributed by atoms with Crippen LogP contribution in [0.1, 0.15) is 0 Å². The number of hydrogen-bond acceptors (Lipinski definition) is 6. The average Bonchev–Trinajstić information content (AvgIpc) is 2.24. The molecule has 18 heavy (non-hydrogen) atoms. The van der Waals surface area contributed by atoms with Crippen molar-refractivity contribution >= 4 is 23.4 Å². The fourth-order valence-corrected chi connectivity index (χ4v) is 1.91. The molecule has 0 aromatic carbocycles. The van der Waals surface area contributed by atoms with Crippen molar-refractivity contribution < 1.29 is 8.78 Å². The molecule has 0 bridgehead atoms. The Kier molecular flexibility index (Phi) is 3.15. The van der Waals surface area contributed by atoms with E-state index in [9.17, 15) is 13.6 Å². The van der Waals surface area contributed by atoms with E-state index in [2.05, 4.69) is 15.0 Å². The van der Waals surface area contributed by atoms with Crippen LogP contribution < -0.4 is 17.0 Å². The molecule has 2 heterocycles. The van der Waals surface area contributed by atoms with E-state index in [1.165, 1.54) is 0 Å². The van der Waals surface area contributed by atoms with Crippen LogP contribution in [0.25, 0.3) is 0 Å². The van der Waals surface area contributed by atoms with Crippen LogP contribution >= 0.6 is 11.8 Å². The third-order valence-electron chi connectivity index (χ3n) is 1.86. The van der Waals surface area contributed by atoms with E-state index in [1.807, 2.05) is 0 Å². The normalized spacial score (nSPS) is 10.6. The van der Waals surface area contributed by atoms with Gasteiger partial charge in [-0.1, -0.05) is 0 Å². The van der Waals surface area contributed by atoms with Crippen molar-refractivity contribution in [3.8, 4) is 0 Å². The lowest BCUT2D eigenvalue weighted by Gasteiger charge is -2.03. The van der Waals surface area contributed by atoms with Gasteiger partial charge < -0.3 is 16.5 Å². The highest BCUT2D eigenvalue weighted by molar-refractivity contribution is 7.99. The maximum Gasteiger partial charge on any atom is 0.253 e. The van der Waals surface area contributed by atoms with E-state index in [1.54, 1.807) is 0 Å². The van der Waals surface area contributed by atoms with E-state index in [4.69, 9.17) is 11.5 Å². The minimum Gasteiger partial charge on any atom is -0.383 e. The maximum absolute atomic E-state index is 13.4. The van der Waals surface area contributed by atoms with E-state index in [0.29, 0.717) is 17.8 Å². The number of aromatic amines is 1. The number of anilines is 2. The molecule has 0 atom stereocenters. The largest absolute Gasteiger partial charge is 0.383 e. The second-order valence-corrected chi connectivity index (χ2v) is 4.20. The molecule has 6 nitrogen and oxygen atoms in total. The van der Waals surface area contributed by atoms with Crippen LogP contribution in [0.15, 0.2) is 27.1 Å². The summed E-state index contributed by atoms with van der Waals surface area (Å²) in [5, 5.41) is -0.167. The molecule has 0 aliphatic carbocycles. The lowest BCUT2D eigenvalue weighted by Crippen LogP contribution is -2.09. The molecule has 2 aromatic heterocycles. The molecule has 2 aromatic rings. The lowest BCUT2D eigenvalue weighted by molar-refractivity contribution is 0.552. The molecular formula is C9H7F2N5OS. The Balaban J connectivity index is 2.39. The standard InChI is InChI=1S/C9H7F2N5OS/c10-3-1-4(11)8(16-7(3)13)18-9-14-5(12)2-6(17)15-9/h1-2H,(H2,13,16)(H3,12,14,15,17). The molecule has 0 amide bonds. The number of nitrogens with two attached hydrogens (primary N) is 2. The number of H-pyrrole nitrogens is 1. The zero-order valence-electron chi connectivity index (χ0n) is 8.78. The fourth-order valence-electron chi connectivity index (χ4n) is 1.13. The van der Waals surface area contributed by atoms with E-state index >= 15 is 0 Å². The van der Waals surface area contributed by atoms with Crippen LogP contribution in [0.5, 0.6) is 0 Å². The van der Waals surface area contributed by atoms with Gasteiger partial charge in [-0.25, -0.2) is 18.7 Å². The van der Waals surface area contributed by atoms with Crippen LogP contribution in [0, 0.1) is 11.6 Å². The molecule has 9 heteroatoms. The lowest BCUT2D eigenvalue weighted by atomic mass is 10.4. The van der Waals surface area contributed by atoms with Gasteiger partial charge in [0.1, 0.15) is 10.8 Å². The zero-order valence-corrected chi connectivity index (χ0v) is 9.59. The third-order valence-corrected chi connectivity index (χ3v) is 2.72. The van der Waals surface area contributed by atoms with Crippen molar-refractivity contribution in [2.75, 3.05) is 11.5 Å². The second-order valence-electron chi connectivity index (χ2n) is 3.22. The van der Waals surface area contributed by atoms with Crippen LogP contribution in [-0.2, 0) is 0 Å². The molecule has 0 fully saturated rings. The number of nitrogens with one attached hydrogen (secondary N) is 1. The van der Waals surface area contributed by atoms with Crippen LogP contribution in [0.2, 0.25) is 0 Å². The van der Waals surface area contributed by atoms with Crippen molar-refractivity contribution in [1.29, 1.82) is 0 Å². The highest BCUT2D eigenvalue weighted by Crippen LogP contribution is 2.26. The summed E-state index contributed by atoms with van der Waals surface area (Å²) < 4.78 is 26.3. The summed E-state index contributed by atoms with van der Waals surface area (Å²) >= 11 is 0.686. The Hall–Kier alpha value is -2.16. The Morgan fingerprint density at radius 1 is 1.17 bits per heavy atom. The van der Waals surface area contributed by atoms with Crippen molar-refractivity contribution in [3.63, 3.8) is 0 Å². The summed E-state index contributed by atoms with van der Waals surface area (Å²) in [5.41, 5.74) is 10.1. The molecular weight excluding hydrogens is 264 g/mol. The Bertz CT molecular complexity index is 660. The SMILES string of the molecule is Nc1cc(=O)[nH]c(Sc2nc(N)c(F)cc2F)n1. The second kappa shape index (κ2) is 4.61. The first-order chi connectivity index (χ1) is 8.45. The van der Waals surface area contributed by atoms with Crippen molar-refractivity contribution in [3.05, 3.63) is 34.1 Å². The van der Waals surface area contributed by atoms with E-state index in [0.717, 1.165) is 6.07 Å². The smallest absolute Gasteiger partial charge is 0.253 e. The van der Waals surface area contributed by atoms with E-state index in [-0.39, 0.29) is 16.0 Å². The molecule has 0 aliphatic heterocycles. The van der Waals surface area contributed by atoms with Gasteiger partial charge in [-0.2, -0.15) is 0 Å². The van der Waals surface area contributed by atoms with Gasteiger partial charge in [0, 0.05) is 12.1 Å². The van der Waals surface area contributed by atoms with Gasteiger partial charge in [0.2, 0.25) is 0 Å². The summed E-state index contributed by atoms with van der Waals surface area (Å²) in [4.78, 5) is 20.7. The minimum atomic E-state index is -0.953. The summed E-state index contributed by atoms with van der Waals surface area (Å²) in [5.74, 6) is -2.32. The highest BCUT2D eigenvalue weighted by Gasteiger charge is 2.12. The highest BCUT2D eigenvalue weighted by atomic mass is 32.2. The summed E-state index contributed by atoms with van der Waals surface area (Å²) in [6.07, 6.45) is 0. The number of halogens is 2. The van der Waals surface area contributed by atoms with Gasteiger partial charge >= 0.3 is 0 Å². The molecule has 0 radical (unpaired) electrons. The zero-order chi connectivity index (χ0) is 13.3. The number of pyridine rings is 1. The Morgan fingerprint density at radius 3 is 2.56 bits per heavy atom. The first-order valence-corrected chi connectivity index (χ1v) is 5.43. The van der Waals surface area contributed by atoms with Crippen molar-refractivity contribution in [2.45, 2.75) is 10.2 Å². The van der Waals surface area contributed by atoms with Gasteiger partial charge in [-0.15, -0.1) is 0 Å². The molecule has 0 saturated carbocycles. The number of nitrogen functional groups attached to an aromatic ring is 2. The maximum atomic E-state index is 13.4. The van der Waals surface area contributed by atoms with Gasteiger partial charge in [0.15, 0.2) is 22.6 Å². The Morgan fingerprint density at radius 2 is 1.89 bits per heavy atom. The molecule has 0 saturated heterocycles. The van der Waals surface area contributed by atoms with Gasteiger partial charge in [-0.05, 0) is 11.8 Å². The predicted molar refractivity (Wildman–Crippen MR) is 62.0 cm³/mol. The number of nitrogens with zero attached hydrogens (tertiary/aromatic N) is 2. The van der Waals surface area contributed by atoms with Gasteiger partial charge in [0.25, 0.3) is 5.56 Å². The first kappa shape index (κ1) is 12.3. The monoisotopic (exact) mass is 271 g/mol. The molecule has 0 aliphatic rings. The fraction of sp³-hybridized carbons (Fsp3) is 0. The summed E-state index contributed by atoms with van der Waals surface area (Å²) in [6.45, 7) is 0. The molecule has 94 valence electrons. The van der Waals surface area contributed by atoms with E-state index < -0.39 is 23.0 Å². The molecule has 5 N–H and O–H groups in total. The summed E-state index contributed by atoms with van der Waals surface area (Å²) in [7, 11) is 0. The van der Waals surface area contributed by atoms with Crippen LogP contribution in [0.3, 0.4) is 0 Å². The number of hydrogen-bond donors (Lipinski definition) is 3. The van der Waals surface area contributed by atoms with Crippen LogP contribution in [-0.4, -0.2) is 15.0 Å². The Labute approximate surface area is 103 Å². The molecule has 0 spiro atoms. The van der Waals surface area contributed by atoms with Gasteiger partial charge in [0.05, 0.1) is 0 Å². The first-order valence-electron chi connectivity index (χ1n) is 4.62. The number of rotatable bonds is 2. The average molecular weight is 271 g/mol. The van der Waals surface area contributed by atoms with Crippen molar-refractivity contribution in [2.24, 2.45) is 0 Å². The number of aromatic nitrogens is 3. The van der Waals surface area contributed by atoms with Gasteiger partial charge in [-0.3, -0.25) is 4.79 Å². The minimum absolute atomic E-state index is 0.0169.